The van der Waals surface area contributed by atoms with Crippen molar-refractivity contribution >= 4 is 0 Å². The lowest BCUT2D eigenvalue weighted by atomic mass is 9.75. The molecule has 0 bridgehead atoms. The van der Waals surface area contributed by atoms with Crippen molar-refractivity contribution in [3.05, 3.63) is 0 Å². The van der Waals surface area contributed by atoms with Crippen LogP contribution in [0, 0.1) is 11.3 Å². The second-order valence-corrected chi connectivity index (χ2v) is 7.90. The molecule has 0 saturated heterocycles. The molecule has 3 aliphatic carbocycles. The lowest BCUT2D eigenvalue weighted by Crippen LogP contribution is -2.58. The van der Waals surface area contributed by atoms with Gasteiger partial charge >= 0.3 is 0 Å². The molecule has 2 atom stereocenters. The zero-order chi connectivity index (χ0) is 15.1. The molecule has 118 valence electrons. The van der Waals surface area contributed by atoms with E-state index in [9.17, 15) is 5.26 Å². The molecule has 0 amide bonds. The number of hydrogen-bond acceptors (Lipinski definition) is 4. The van der Waals surface area contributed by atoms with Crippen LogP contribution in [0.5, 0.6) is 0 Å². The molecule has 21 heavy (non-hydrogen) atoms. The zero-order valence-corrected chi connectivity index (χ0v) is 13.9. The van der Waals surface area contributed by atoms with Crippen LogP contribution in [0.25, 0.3) is 0 Å². The van der Waals surface area contributed by atoms with Crippen LogP contribution in [0.3, 0.4) is 0 Å². The van der Waals surface area contributed by atoms with Gasteiger partial charge in [0.15, 0.2) is 0 Å². The molecule has 4 heteroatoms. The zero-order valence-electron chi connectivity index (χ0n) is 13.9. The topological polar surface area (TPSA) is 42.3 Å². The summed E-state index contributed by atoms with van der Waals surface area (Å²) < 4.78 is 0. The molecular weight excluding hydrogens is 260 g/mol. The van der Waals surface area contributed by atoms with Crippen molar-refractivity contribution in [2.24, 2.45) is 0 Å². The Kier molecular flexibility index (Phi) is 4.02. The highest BCUT2D eigenvalue weighted by Gasteiger charge is 2.46. The number of nitriles is 1. The van der Waals surface area contributed by atoms with Crippen molar-refractivity contribution in [1.29, 1.82) is 5.26 Å². The summed E-state index contributed by atoms with van der Waals surface area (Å²) in [5.74, 6) is 0. The van der Waals surface area contributed by atoms with Crippen LogP contribution in [0.4, 0.5) is 0 Å². The fourth-order valence-corrected chi connectivity index (χ4v) is 4.20. The number of hydrogen-bond donors (Lipinski definition) is 1. The van der Waals surface area contributed by atoms with Gasteiger partial charge in [0.05, 0.1) is 6.07 Å². The molecule has 3 aliphatic rings. The molecule has 2 unspecified atom stereocenters. The third kappa shape index (κ3) is 2.97. The molecule has 0 radical (unpaired) electrons. The third-order valence-electron chi connectivity index (χ3n) is 6.16. The predicted molar refractivity (Wildman–Crippen MR) is 85.0 cm³/mol. The summed E-state index contributed by atoms with van der Waals surface area (Å²) in [6, 6.07) is 3.78. The van der Waals surface area contributed by atoms with E-state index in [2.05, 4.69) is 42.3 Å². The van der Waals surface area contributed by atoms with Crippen molar-refractivity contribution < 1.29 is 0 Å². The van der Waals surface area contributed by atoms with Crippen LogP contribution in [-0.4, -0.2) is 60.6 Å². The Bertz CT molecular complexity index is 419. The van der Waals surface area contributed by atoms with Gasteiger partial charge in [-0.3, -0.25) is 5.32 Å². The lowest BCUT2D eigenvalue weighted by molar-refractivity contribution is 0.0162. The molecule has 1 N–H and O–H groups in total. The minimum Gasteiger partial charge on any atom is -0.302 e. The van der Waals surface area contributed by atoms with E-state index < -0.39 is 0 Å². The van der Waals surface area contributed by atoms with Gasteiger partial charge in [-0.1, -0.05) is 0 Å². The second-order valence-electron chi connectivity index (χ2n) is 7.90. The van der Waals surface area contributed by atoms with Crippen LogP contribution in [-0.2, 0) is 0 Å². The molecule has 0 heterocycles. The van der Waals surface area contributed by atoms with Crippen molar-refractivity contribution in [3.8, 4) is 6.07 Å². The summed E-state index contributed by atoms with van der Waals surface area (Å²) in [6.45, 7) is 1.15. The quantitative estimate of drug-likeness (QED) is 0.812. The van der Waals surface area contributed by atoms with E-state index in [1.807, 2.05) is 0 Å². The van der Waals surface area contributed by atoms with Gasteiger partial charge in [0.2, 0.25) is 0 Å². The second kappa shape index (κ2) is 5.53. The normalized spacial score (nSPS) is 35.0. The van der Waals surface area contributed by atoms with Gasteiger partial charge in [-0.15, -0.1) is 0 Å². The molecular formula is C17H30N4. The maximum atomic E-state index is 9.63. The van der Waals surface area contributed by atoms with E-state index >= 15 is 0 Å². The Labute approximate surface area is 129 Å². The standard InChI is InChI=1S/C17H30N4/c1-20(2)17(8-4-9-17)13-21(3)15-7-10-16(11-15,12-18)19-14-5-6-14/h14-15,19H,4-11,13H2,1-3H3. The molecule has 4 nitrogen and oxygen atoms in total. The molecule has 3 rings (SSSR count). The van der Waals surface area contributed by atoms with Crippen LogP contribution in [0.15, 0.2) is 0 Å². The highest BCUT2D eigenvalue weighted by Crippen LogP contribution is 2.40. The first-order valence-corrected chi connectivity index (χ1v) is 8.55. The minimum atomic E-state index is -0.245. The smallest absolute Gasteiger partial charge is 0.108 e. The van der Waals surface area contributed by atoms with Gasteiger partial charge < -0.3 is 9.80 Å². The third-order valence-corrected chi connectivity index (χ3v) is 6.16. The van der Waals surface area contributed by atoms with Crippen molar-refractivity contribution in [2.45, 2.75) is 74.5 Å². The summed E-state index contributed by atoms with van der Waals surface area (Å²) >= 11 is 0. The maximum absolute atomic E-state index is 9.63. The monoisotopic (exact) mass is 290 g/mol. The Morgan fingerprint density at radius 2 is 1.86 bits per heavy atom. The van der Waals surface area contributed by atoms with Crippen LogP contribution in [0.2, 0.25) is 0 Å². The van der Waals surface area contributed by atoms with E-state index in [1.54, 1.807) is 0 Å². The molecule has 0 aliphatic heterocycles. The van der Waals surface area contributed by atoms with Crippen LogP contribution < -0.4 is 5.32 Å². The maximum Gasteiger partial charge on any atom is 0.108 e. The molecule has 3 saturated carbocycles. The first-order valence-electron chi connectivity index (χ1n) is 8.55. The van der Waals surface area contributed by atoms with Crippen molar-refractivity contribution in [3.63, 3.8) is 0 Å². The Morgan fingerprint density at radius 3 is 2.33 bits per heavy atom. The first-order chi connectivity index (χ1) is 9.99. The predicted octanol–water partition coefficient (Wildman–Crippen LogP) is 1.97. The fraction of sp³-hybridized carbons (Fsp3) is 0.941. The van der Waals surface area contributed by atoms with E-state index in [0.717, 1.165) is 25.8 Å². The first kappa shape index (κ1) is 15.3. The summed E-state index contributed by atoms with van der Waals surface area (Å²) in [6.07, 6.45) is 9.70. The van der Waals surface area contributed by atoms with Gasteiger partial charge in [0, 0.05) is 24.2 Å². The molecule has 0 aromatic heterocycles. The molecule has 0 aromatic rings. The van der Waals surface area contributed by atoms with Gasteiger partial charge in [0.1, 0.15) is 5.54 Å². The van der Waals surface area contributed by atoms with E-state index in [4.69, 9.17) is 0 Å². The summed E-state index contributed by atoms with van der Waals surface area (Å²) in [5, 5.41) is 13.2. The summed E-state index contributed by atoms with van der Waals surface area (Å²) in [4.78, 5) is 4.95. The molecule has 3 fully saturated rings. The molecule has 0 aromatic carbocycles. The highest BCUT2D eigenvalue weighted by atomic mass is 15.2. The van der Waals surface area contributed by atoms with Crippen molar-refractivity contribution in [2.75, 3.05) is 27.7 Å². The van der Waals surface area contributed by atoms with E-state index in [0.29, 0.717) is 17.6 Å². The minimum absolute atomic E-state index is 0.245. The highest BCUT2D eigenvalue weighted by molar-refractivity contribution is 5.15. The van der Waals surface area contributed by atoms with Crippen LogP contribution >= 0.6 is 0 Å². The van der Waals surface area contributed by atoms with Gasteiger partial charge in [0.25, 0.3) is 0 Å². The van der Waals surface area contributed by atoms with Crippen molar-refractivity contribution in [1.82, 2.24) is 15.1 Å². The SMILES string of the molecule is CN(CC1(N(C)C)CCC1)C1CCC(C#N)(NC2CC2)C1. The Balaban J connectivity index is 1.58. The van der Waals surface area contributed by atoms with Gasteiger partial charge in [-0.2, -0.15) is 5.26 Å². The summed E-state index contributed by atoms with van der Waals surface area (Å²) in [5.41, 5.74) is 0.140. The van der Waals surface area contributed by atoms with Gasteiger partial charge in [-0.05, 0) is 72.5 Å². The average Bonchev–Trinajstić information content (AvgIpc) is 3.10. The Hall–Kier alpha value is -0.630. The Morgan fingerprint density at radius 1 is 1.14 bits per heavy atom. The average molecular weight is 290 g/mol. The lowest BCUT2D eigenvalue weighted by Gasteiger charge is -2.50. The number of nitrogens with one attached hydrogen (secondary N) is 1. The molecule has 0 spiro atoms. The number of nitrogens with zero attached hydrogens (tertiary/aromatic N) is 3. The number of rotatable bonds is 6. The van der Waals surface area contributed by atoms with E-state index in [-0.39, 0.29) is 5.54 Å². The van der Waals surface area contributed by atoms with E-state index in [1.165, 1.54) is 32.1 Å². The largest absolute Gasteiger partial charge is 0.302 e. The van der Waals surface area contributed by atoms with Gasteiger partial charge in [-0.25, -0.2) is 0 Å². The number of likely N-dealkylation sites (N-methyl/N-ethyl adjacent to an activating group) is 2. The summed E-state index contributed by atoms with van der Waals surface area (Å²) in [7, 11) is 6.70. The fourth-order valence-electron chi connectivity index (χ4n) is 4.20. The van der Waals surface area contributed by atoms with Crippen LogP contribution in [0.1, 0.15) is 51.4 Å².